The standard InChI is InChI=1S/C34H39Cl2F3N6O3/c1-32(2,3)30(48)40-16-18-7-12-22(35)28(27(18)36)43-31-42-23-13-21(29(47)41-20-10-8-19(9-11-20)34(37,38)39)24(14-25(23)44(31)6)45-17-33(4,5)15-26(45)46/h7,12-14,19H,8-11,15-17H2,1-6H3,(H,40,48)(H,42,43). The van der Waals surface area contributed by atoms with E-state index >= 15 is 0 Å². The van der Waals surface area contributed by atoms with Crippen molar-refractivity contribution in [1.29, 1.82) is 0 Å². The summed E-state index contributed by atoms with van der Waals surface area (Å²) in [6, 6.07) is 6.66. The van der Waals surface area contributed by atoms with Gasteiger partial charge in [-0.15, -0.1) is 0 Å². The van der Waals surface area contributed by atoms with Crippen LogP contribution >= 0.6 is 23.2 Å². The number of amides is 3. The van der Waals surface area contributed by atoms with Crippen molar-refractivity contribution in [3.8, 4) is 0 Å². The Hall–Kier alpha value is -3.64. The Labute approximate surface area is 287 Å². The number of aromatic nitrogens is 2. The summed E-state index contributed by atoms with van der Waals surface area (Å²) in [5.41, 5.74) is 2.00. The van der Waals surface area contributed by atoms with E-state index in [0.29, 0.717) is 56.2 Å². The lowest BCUT2D eigenvalue weighted by Crippen LogP contribution is -2.34. The lowest BCUT2D eigenvalue weighted by Gasteiger charge is -2.25. The zero-order valence-electron chi connectivity index (χ0n) is 27.7. The third kappa shape index (κ3) is 7.49. The second-order valence-corrected chi connectivity index (χ2v) is 15.2. The Balaban J connectivity index is 1.51. The van der Waals surface area contributed by atoms with Gasteiger partial charge < -0.3 is 20.1 Å². The number of rotatable bonds is 6. The third-order valence-electron chi connectivity index (χ3n) is 8.85. The molecule has 0 atom stereocenters. The van der Waals surface area contributed by atoms with Gasteiger partial charge in [0.1, 0.15) is 0 Å². The smallest absolute Gasteiger partial charge is 0.352 e. The van der Waals surface area contributed by atoms with Crippen molar-refractivity contribution in [3.05, 3.63) is 45.4 Å². The maximum atomic E-state index is 13.7. The van der Waals surface area contributed by atoms with Crippen LogP contribution < -0.4 is 15.5 Å². The monoisotopic (exact) mass is 706 g/mol. The minimum atomic E-state index is -4.28. The molecule has 3 aromatic rings. The SMILES string of the molecule is Cn1c(Nc2c(Cl)ccc(CNC(=O)C(C)(C)C)c2Cl)nc2cc(C(=O)N=C3CCC(C(F)(F)F)CC3)c(N3CC(C)(C)CC3=O)cc21. The number of hydrogen-bond acceptors (Lipinski definition) is 5. The number of nitrogens with one attached hydrogen (secondary N) is 2. The number of carbonyl (C=O) groups is 3. The first-order chi connectivity index (χ1) is 22.2. The molecular formula is C34H39Cl2F3N6O3. The molecule has 1 aliphatic heterocycles. The van der Waals surface area contributed by atoms with Crippen molar-refractivity contribution in [3.63, 3.8) is 0 Å². The number of aliphatic imine (C=N–C) groups is 1. The first-order valence-corrected chi connectivity index (χ1v) is 16.5. The summed E-state index contributed by atoms with van der Waals surface area (Å²) in [5, 5.41) is 6.68. The number of benzene rings is 2. The predicted octanol–water partition coefficient (Wildman–Crippen LogP) is 8.38. The van der Waals surface area contributed by atoms with Crippen LogP contribution in [0.5, 0.6) is 0 Å². The molecule has 2 aliphatic rings. The molecule has 48 heavy (non-hydrogen) atoms. The molecule has 0 unspecified atom stereocenters. The molecule has 0 spiro atoms. The number of nitrogens with zero attached hydrogens (tertiary/aromatic N) is 4. The molecule has 5 rings (SSSR count). The number of carbonyl (C=O) groups excluding carboxylic acids is 3. The summed E-state index contributed by atoms with van der Waals surface area (Å²) >= 11 is 13.3. The molecule has 3 amide bonds. The molecule has 1 saturated heterocycles. The van der Waals surface area contributed by atoms with Gasteiger partial charge >= 0.3 is 6.18 Å². The van der Waals surface area contributed by atoms with Crippen LogP contribution in [0.2, 0.25) is 10.0 Å². The molecule has 0 bridgehead atoms. The quantitative estimate of drug-likeness (QED) is 0.268. The van der Waals surface area contributed by atoms with E-state index in [1.807, 2.05) is 34.6 Å². The van der Waals surface area contributed by atoms with Gasteiger partial charge in [0, 0.05) is 37.7 Å². The molecule has 1 aliphatic carbocycles. The average molecular weight is 708 g/mol. The summed E-state index contributed by atoms with van der Waals surface area (Å²) in [6.07, 6.45) is -4.09. The molecule has 258 valence electrons. The Morgan fingerprint density at radius 3 is 2.35 bits per heavy atom. The Morgan fingerprint density at radius 2 is 1.77 bits per heavy atom. The number of imidazole rings is 1. The van der Waals surface area contributed by atoms with E-state index in [1.165, 1.54) is 0 Å². The second kappa shape index (κ2) is 13.0. The van der Waals surface area contributed by atoms with E-state index in [2.05, 4.69) is 15.6 Å². The lowest BCUT2D eigenvalue weighted by atomic mass is 9.87. The van der Waals surface area contributed by atoms with Crippen LogP contribution in [0.15, 0.2) is 29.3 Å². The minimum Gasteiger partial charge on any atom is -0.352 e. The van der Waals surface area contributed by atoms with Crippen molar-refractivity contribution in [2.24, 2.45) is 28.8 Å². The highest BCUT2D eigenvalue weighted by Crippen LogP contribution is 2.40. The van der Waals surface area contributed by atoms with E-state index in [-0.39, 0.29) is 61.4 Å². The number of anilines is 3. The highest BCUT2D eigenvalue weighted by molar-refractivity contribution is 6.39. The topological polar surface area (TPSA) is 109 Å². The molecule has 14 heteroatoms. The average Bonchev–Trinajstić information content (AvgIpc) is 3.45. The fourth-order valence-electron chi connectivity index (χ4n) is 6.02. The van der Waals surface area contributed by atoms with Gasteiger partial charge in [0.25, 0.3) is 5.91 Å². The Morgan fingerprint density at radius 1 is 1.10 bits per heavy atom. The predicted molar refractivity (Wildman–Crippen MR) is 182 cm³/mol. The molecule has 9 nitrogen and oxygen atoms in total. The fourth-order valence-corrected chi connectivity index (χ4v) is 6.56. The molecule has 2 N–H and O–H groups in total. The number of hydrogen-bond donors (Lipinski definition) is 2. The van der Waals surface area contributed by atoms with Gasteiger partial charge in [0.2, 0.25) is 17.8 Å². The van der Waals surface area contributed by atoms with E-state index in [9.17, 15) is 27.6 Å². The Kier molecular flexibility index (Phi) is 9.66. The number of aryl methyl sites for hydroxylation is 1. The van der Waals surface area contributed by atoms with Gasteiger partial charge in [0.15, 0.2) is 0 Å². The van der Waals surface area contributed by atoms with E-state index in [1.54, 1.807) is 40.8 Å². The van der Waals surface area contributed by atoms with E-state index < -0.39 is 23.4 Å². The normalized spacial score (nSPS) is 18.4. The Bertz CT molecular complexity index is 1820. The molecule has 2 fully saturated rings. The van der Waals surface area contributed by atoms with E-state index in [0.717, 1.165) is 0 Å². The van der Waals surface area contributed by atoms with Crippen LogP contribution in [-0.4, -0.2) is 45.7 Å². The molecule has 0 radical (unpaired) electrons. The maximum Gasteiger partial charge on any atom is 0.391 e. The highest BCUT2D eigenvalue weighted by atomic mass is 35.5. The van der Waals surface area contributed by atoms with Crippen molar-refractivity contribution in [2.75, 3.05) is 16.8 Å². The van der Waals surface area contributed by atoms with Gasteiger partial charge in [-0.2, -0.15) is 13.2 Å². The number of fused-ring (bicyclic) bond motifs is 1. The van der Waals surface area contributed by atoms with E-state index in [4.69, 9.17) is 28.2 Å². The molecule has 1 aromatic heterocycles. The number of alkyl halides is 3. The van der Waals surface area contributed by atoms with Gasteiger partial charge in [-0.3, -0.25) is 14.4 Å². The summed E-state index contributed by atoms with van der Waals surface area (Å²) in [7, 11) is 1.76. The molecular weight excluding hydrogens is 668 g/mol. The van der Waals surface area contributed by atoms with Crippen LogP contribution in [0.25, 0.3) is 11.0 Å². The van der Waals surface area contributed by atoms with Crippen molar-refractivity contribution in [2.45, 2.75) is 79.4 Å². The van der Waals surface area contributed by atoms with Gasteiger partial charge in [-0.1, -0.05) is 63.9 Å². The largest absolute Gasteiger partial charge is 0.391 e. The summed E-state index contributed by atoms with van der Waals surface area (Å²) in [5.74, 6) is -2.00. The van der Waals surface area contributed by atoms with Crippen LogP contribution in [0.4, 0.5) is 30.5 Å². The van der Waals surface area contributed by atoms with Gasteiger partial charge in [0.05, 0.1) is 43.9 Å². The van der Waals surface area contributed by atoms with Gasteiger partial charge in [-0.25, -0.2) is 9.98 Å². The second-order valence-electron chi connectivity index (χ2n) is 14.4. The van der Waals surface area contributed by atoms with Crippen LogP contribution in [-0.2, 0) is 23.2 Å². The highest BCUT2D eigenvalue weighted by Gasteiger charge is 2.41. The molecule has 1 saturated carbocycles. The number of halogens is 5. The lowest BCUT2D eigenvalue weighted by molar-refractivity contribution is -0.178. The summed E-state index contributed by atoms with van der Waals surface area (Å²) in [4.78, 5) is 49.9. The zero-order valence-corrected chi connectivity index (χ0v) is 29.3. The third-order valence-corrected chi connectivity index (χ3v) is 9.60. The van der Waals surface area contributed by atoms with Crippen molar-refractivity contribution >= 4 is 75.0 Å². The van der Waals surface area contributed by atoms with Crippen molar-refractivity contribution in [1.82, 2.24) is 14.9 Å². The van der Waals surface area contributed by atoms with Crippen molar-refractivity contribution < 1.29 is 27.6 Å². The molecule has 2 aromatic carbocycles. The maximum absolute atomic E-state index is 13.7. The minimum absolute atomic E-state index is 0.0707. The fraction of sp³-hybridized carbons (Fsp3) is 0.500. The zero-order chi connectivity index (χ0) is 35.3. The van der Waals surface area contributed by atoms with Crippen LogP contribution in [0, 0.1) is 16.7 Å². The first kappa shape index (κ1) is 35.7. The summed E-state index contributed by atoms with van der Waals surface area (Å²) < 4.78 is 41.4. The summed E-state index contributed by atoms with van der Waals surface area (Å²) in [6.45, 7) is 9.91. The van der Waals surface area contributed by atoms with Crippen LogP contribution in [0.1, 0.15) is 82.6 Å². The van der Waals surface area contributed by atoms with Crippen LogP contribution in [0.3, 0.4) is 0 Å². The molecule has 2 heterocycles. The van der Waals surface area contributed by atoms with Gasteiger partial charge in [-0.05, 0) is 54.9 Å². The first-order valence-electron chi connectivity index (χ1n) is 15.8.